The van der Waals surface area contributed by atoms with Crippen LogP contribution in [0.5, 0.6) is 0 Å². The summed E-state index contributed by atoms with van der Waals surface area (Å²) in [4.78, 5) is 28.3. The van der Waals surface area contributed by atoms with Crippen molar-refractivity contribution < 1.29 is 14.3 Å². The van der Waals surface area contributed by atoms with Crippen LogP contribution in [0.15, 0.2) is 0 Å². The van der Waals surface area contributed by atoms with Gasteiger partial charge in [-0.1, -0.05) is 0 Å². The predicted octanol–water partition coefficient (Wildman–Crippen LogP) is 0.155. The molecule has 1 aromatic heterocycles. The highest BCUT2D eigenvalue weighted by Crippen LogP contribution is 2.18. The normalized spacial score (nSPS) is 16.3. The van der Waals surface area contributed by atoms with E-state index in [-0.39, 0.29) is 18.4 Å². The Hall–Kier alpha value is -1.93. The molecule has 1 N–H and O–H groups in total. The molecular weight excluding hydrogens is 310 g/mol. The van der Waals surface area contributed by atoms with Crippen molar-refractivity contribution in [2.45, 2.75) is 26.8 Å². The number of aromatic nitrogens is 2. The van der Waals surface area contributed by atoms with Crippen LogP contribution in [-0.4, -0.2) is 77.3 Å². The van der Waals surface area contributed by atoms with Crippen LogP contribution in [-0.2, 0) is 21.4 Å². The van der Waals surface area contributed by atoms with Gasteiger partial charge in [0.15, 0.2) is 0 Å². The topological polar surface area (TPSA) is 79.7 Å². The van der Waals surface area contributed by atoms with Crippen LogP contribution in [0, 0.1) is 13.8 Å². The Morgan fingerprint density at radius 1 is 1.33 bits per heavy atom. The Balaban J connectivity index is 1.93. The van der Waals surface area contributed by atoms with Crippen molar-refractivity contribution in [2.75, 3.05) is 45.2 Å². The second-order valence-electron chi connectivity index (χ2n) is 6.24. The lowest BCUT2D eigenvalue weighted by Crippen LogP contribution is -2.48. The van der Waals surface area contributed by atoms with Gasteiger partial charge in [0.2, 0.25) is 11.8 Å². The highest BCUT2D eigenvalue weighted by Gasteiger charge is 2.25. The van der Waals surface area contributed by atoms with E-state index in [2.05, 4.69) is 10.4 Å². The molecule has 8 nitrogen and oxygen atoms in total. The molecule has 1 aliphatic rings. The Bertz CT molecular complexity index is 607. The number of hydrogen-bond acceptors (Lipinski definition) is 5. The Morgan fingerprint density at radius 2 is 1.96 bits per heavy atom. The molecule has 2 amide bonds. The van der Waals surface area contributed by atoms with E-state index in [0.717, 1.165) is 17.1 Å². The number of carbonyl (C=O) groups is 2. The van der Waals surface area contributed by atoms with Gasteiger partial charge in [-0.15, -0.1) is 0 Å². The summed E-state index contributed by atoms with van der Waals surface area (Å²) in [6, 6.07) is -0.422. The summed E-state index contributed by atoms with van der Waals surface area (Å²) in [7, 11) is 3.63. The molecule has 1 saturated heterocycles. The number of carbonyl (C=O) groups excluding carboxylic acids is 2. The van der Waals surface area contributed by atoms with Crippen LogP contribution >= 0.6 is 0 Å². The van der Waals surface area contributed by atoms with Crippen molar-refractivity contribution in [1.29, 1.82) is 0 Å². The van der Waals surface area contributed by atoms with E-state index in [1.807, 2.05) is 20.9 Å². The molecule has 8 heteroatoms. The van der Waals surface area contributed by atoms with Gasteiger partial charge in [0.05, 0.1) is 42.9 Å². The van der Waals surface area contributed by atoms with Crippen molar-refractivity contribution in [3.63, 3.8) is 0 Å². The Morgan fingerprint density at radius 3 is 2.50 bits per heavy atom. The number of hydrogen-bond donors (Lipinski definition) is 1. The number of rotatable bonds is 5. The van der Waals surface area contributed by atoms with Gasteiger partial charge in [0.1, 0.15) is 0 Å². The fraction of sp³-hybridized carbons (Fsp3) is 0.688. The van der Waals surface area contributed by atoms with Crippen molar-refractivity contribution in [3.8, 4) is 0 Å². The van der Waals surface area contributed by atoms with Gasteiger partial charge >= 0.3 is 0 Å². The van der Waals surface area contributed by atoms with Crippen LogP contribution in [0.4, 0.5) is 5.69 Å². The lowest BCUT2D eigenvalue weighted by Gasteiger charge is -2.30. The summed E-state index contributed by atoms with van der Waals surface area (Å²) in [6.07, 6.45) is 0. The summed E-state index contributed by atoms with van der Waals surface area (Å²) < 4.78 is 6.99. The smallest absolute Gasteiger partial charge is 0.241 e. The molecule has 134 valence electrons. The maximum atomic E-state index is 12.5. The van der Waals surface area contributed by atoms with E-state index < -0.39 is 6.04 Å². The predicted molar refractivity (Wildman–Crippen MR) is 90.8 cm³/mol. The summed E-state index contributed by atoms with van der Waals surface area (Å²) in [6.45, 7) is 8.15. The summed E-state index contributed by atoms with van der Waals surface area (Å²) in [5.41, 5.74) is 2.42. The van der Waals surface area contributed by atoms with Crippen LogP contribution in [0.25, 0.3) is 0 Å². The van der Waals surface area contributed by atoms with Crippen LogP contribution < -0.4 is 5.32 Å². The molecule has 2 heterocycles. The second kappa shape index (κ2) is 7.76. The first-order chi connectivity index (χ1) is 11.3. The zero-order valence-electron chi connectivity index (χ0n) is 15.1. The van der Waals surface area contributed by atoms with Crippen LogP contribution in [0.3, 0.4) is 0 Å². The first-order valence-corrected chi connectivity index (χ1v) is 8.18. The number of morpholine rings is 1. The molecule has 24 heavy (non-hydrogen) atoms. The number of amides is 2. The molecule has 1 aliphatic heterocycles. The third kappa shape index (κ3) is 4.12. The van der Waals surface area contributed by atoms with Gasteiger partial charge < -0.3 is 15.0 Å². The standard InChI is InChI=1S/C16H27N5O3/c1-11-15(12(2)20(5)18-11)17-16(23)13(3)19(4)10-14(22)21-6-8-24-9-7-21/h13H,6-10H2,1-5H3,(H,17,23)/t13-/m1/s1. The summed E-state index contributed by atoms with van der Waals surface area (Å²) in [5, 5.41) is 7.22. The number of aryl methyl sites for hydroxylation is 2. The SMILES string of the molecule is Cc1nn(C)c(C)c1NC(=O)[C@@H](C)N(C)CC(=O)N1CCOCC1. The fourth-order valence-electron chi connectivity index (χ4n) is 2.65. The van der Waals surface area contributed by atoms with Gasteiger partial charge in [-0.3, -0.25) is 19.2 Å². The number of anilines is 1. The average molecular weight is 337 g/mol. The molecule has 0 radical (unpaired) electrons. The lowest BCUT2D eigenvalue weighted by atomic mass is 10.2. The van der Waals surface area contributed by atoms with Gasteiger partial charge in [0, 0.05) is 20.1 Å². The molecule has 0 saturated carbocycles. The second-order valence-corrected chi connectivity index (χ2v) is 6.24. The minimum Gasteiger partial charge on any atom is -0.378 e. The van der Waals surface area contributed by atoms with E-state index >= 15 is 0 Å². The monoisotopic (exact) mass is 337 g/mol. The third-order valence-corrected chi connectivity index (χ3v) is 4.55. The fourth-order valence-corrected chi connectivity index (χ4v) is 2.65. The van der Waals surface area contributed by atoms with Crippen molar-refractivity contribution in [1.82, 2.24) is 19.6 Å². The van der Waals surface area contributed by atoms with Gasteiger partial charge in [-0.25, -0.2) is 0 Å². The molecule has 2 rings (SSSR count). The third-order valence-electron chi connectivity index (χ3n) is 4.55. The molecule has 1 atom stereocenters. The largest absolute Gasteiger partial charge is 0.378 e. The molecule has 0 aliphatic carbocycles. The van der Waals surface area contributed by atoms with Gasteiger partial charge in [-0.2, -0.15) is 5.10 Å². The summed E-state index contributed by atoms with van der Waals surface area (Å²) >= 11 is 0. The van der Waals surface area contributed by atoms with Gasteiger partial charge in [0.25, 0.3) is 0 Å². The molecule has 0 spiro atoms. The van der Waals surface area contributed by atoms with E-state index in [0.29, 0.717) is 26.3 Å². The molecule has 0 bridgehead atoms. The van der Waals surface area contributed by atoms with Crippen LogP contribution in [0.1, 0.15) is 18.3 Å². The number of likely N-dealkylation sites (N-methyl/N-ethyl adjacent to an activating group) is 1. The molecule has 1 aromatic rings. The lowest BCUT2D eigenvalue weighted by molar-refractivity contribution is -0.137. The summed E-state index contributed by atoms with van der Waals surface area (Å²) in [5.74, 6) is -0.124. The minimum atomic E-state index is -0.422. The van der Waals surface area contributed by atoms with Crippen molar-refractivity contribution in [2.24, 2.45) is 7.05 Å². The highest BCUT2D eigenvalue weighted by atomic mass is 16.5. The molecular formula is C16H27N5O3. The highest BCUT2D eigenvalue weighted by molar-refractivity contribution is 5.95. The van der Waals surface area contributed by atoms with E-state index in [1.54, 1.807) is 28.5 Å². The number of nitrogens with zero attached hydrogens (tertiary/aromatic N) is 4. The average Bonchev–Trinajstić information content (AvgIpc) is 2.81. The van der Waals surface area contributed by atoms with Crippen LogP contribution in [0.2, 0.25) is 0 Å². The van der Waals surface area contributed by atoms with E-state index in [4.69, 9.17) is 4.74 Å². The maximum absolute atomic E-state index is 12.5. The zero-order valence-corrected chi connectivity index (χ0v) is 15.1. The minimum absolute atomic E-state index is 0.0224. The molecule has 1 fully saturated rings. The van der Waals surface area contributed by atoms with Crippen molar-refractivity contribution >= 4 is 17.5 Å². The first-order valence-electron chi connectivity index (χ1n) is 8.18. The first kappa shape index (κ1) is 18.4. The van der Waals surface area contributed by atoms with E-state index in [1.165, 1.54) is 0 Å². The Labute approximate surface area is 142 Å². The van der Waals surface area contributed by atoms with E-state index in [9.17, 15) is 9.59 Å². The quantitative estimate of drug-likeness (QED) is 0.828. The maximum Gasteiger partial charge on any atom is 0.241 e. The van der Waals surface area contributed by atoms with Gasteiger partial charge in [-0.05, 0) is 27.8 Å². The number of ether oxygens (including phenoxy) is 1. The Kier molecular flexibility index (Phi) is 5.95. The van der Waals surface area contributed by atoms with Crippen molar-refractivity contribution in [3.05, 3.63) is 11.4 Å². The number of nitrogens with one attached hydrogen (secondary N) is 1. The molecule has 0 aromatic carbocycles. The zero-order chi connectivity index (χ0) is 17.9. The molecule has 0 unspecified atom stereocenters.